The van der Waals surface area contributed by atoms with E-state index in [1.807, 2.05) is 6.92 Å². The number of hydrogen-bond donors (Lipinski definition) is 2. The van der Waals surface area contributed by atoms with Gasteiger partial charge in [-0.25, -0.2) is 0 Å². The lowest BCUT2D eigenvalue weighted by Gasteiger charge is -2.32. The third-order valence-electron chi connectivity index (χ3n) is 3.96. The SMILES string of the molecule is Cc1ccc(O)c(C(=O)N2CCCC(CCC(=O)O)C2)c1. The van der Waals surface area contributed by atoms with E-state index in [4.69, 9.17) is 5.11 Å². The third-order valence-corrected chi connectivity index (χ3v) is 3.96. The van der Waals surface area contributed by atoms with Crippen molar-refractivity contribution in [1.82, 2.24) is 4.90 Å². The molecule has 1 fully saturated rings. The topological polar surface area (TPSA) is 77.8 Å². The Labute approximate surface area is 124 Å². The van der Waals surface area contributed by atoms with E-state index in [2.05, 4.69) is 0 Å². The van der Waals surface area contributed by atoms with E-state index in [1.54, 1.807) is 17.0 Å². The smallest absolute Gasteiger partial charge is 0.303 e. The summed E-state index contributed by atoms with van der Waals surface area (Å²) in [5.74, 6) is -0.741. The minimum absolute atomic E-state index is 0.00161. The standard InChI is InChI=1S/C16H21NO4/c1-11-4-6-14(18)13(9-11)16(21)17-8-2-3-12(10-17)5-7-15(19)20/h4,6,9,12,18H,2-3,5,7-8,10H2,1H3,(H,19,20). The van der Waals surface area contributed by atoms with Gasteiger partial charge < -0.3 is 15.1 Å². The fraction of sp³-hybridized carbons (Fsp3) is 0.500. The molecule has 0 radical (unpaired) electrons. The molecule has 5 nitrogen and oxygen atoms in total. The van der Waals surface area contributed by atoms with Gasteiger partial charge in [-0.15, -0.1) is 0 Å². The van der Waals surface area contributed by atoms with Crippen LogP contribution in [-0.4, -0.2) is 40.1 Å². The summed E-state index contributed by atoms with van der Waals surface area (Å²) in [5.41, 5.74) is 1.25. The van der Waals surface area contributed by atoms with E-state index >= 15 is 0 Å². The molecule has 1 aliphatic rings. The van der Waals surface area contributed by atoms with E-state index in [-0.39, 0.29) is 24.0 Å². The minimum atomic E-state index is -0.797. The van der Waals surface area contributed by atoms with Gasteiger partial charge in [0.2, 0.25) is 0 Å². The number of nitrogens with zero attached hydrogens (tertiary/aromatic N) is 1. The van der Waals surface area contributed by atoms with Gasteiger partial charge in [-0.05, 0) is 44.2 Å². The Hall–Kier alpha value is -2.04. The van der Waals surface area contributed by atoms with Crippen molar-refractivity contribution in [3.05, 3.63) is 29.3 Å². The summed E-state index contributed by atoms with van der Waals surface area (Å²) in [4.78, 5) is 24.9. The number of benzene rings is 1. The molecular weight excluding hydrogens is 270 g/mol. The number of aliphatic carboxylic acids is 1. The summed E-state index contributed by atoms with van der Waals surface area (Å²) in [7, 11) is 0. The number of carbonyl (C=O) groups excluding carboxylic acids is 1. The summed E-state index contributed by atoms with van der Waals surface area (Å²) in [6, 6.07) is 4.99. The number of likely N-dealkylation sites (tertiary alicyclic amines) is 1. The van der Waals surface area contributed by atoms with Gasteiger partial charge >= 0.3 is 5.97 Å². The van der Waals surface area contributed by atoms with Crippen LogP contribution in [-0.2, 0) is 4.79 Å². The third kappa shape index (κ3) is 3.97. The Morgan fingerprint density at radius 3 is 2.86 bits per heavy atom. The Morgan fingerprint density at radius 1 is 1.38 bits per heavy atom. The van der Waals surface area contributed by atoms with Crippen molar-refractivity contribution >= 4 is 11.9 Å². The summed E-state index contributed by atoms with van der Waals surface area (Å²) < 4.78 is 0. The van der Waals surface area contributed by atoms with E-state index in [0.717, 1.165) is 18.4 Å². The van der Waals surface area contributed by atoms with Crippen molar-refractivity contribution in [2.75, 3.05) is 13.1 Å². The average molecular weight is 291 g/mol. The van der Waals surface area contributed by atoms with Crippen LogP contribution in [0.15, 0.2) is 18.2 Å². The number of carboxylic acid groups (broad SMARTS) is 1. The number of phenols is 1. The lowest BCUT2D eigenvalue weighted by Crippen LogP contribution is -2.40. The highest BCUT2D eigenvalue weighted by Crippen LogP contribution is 2.25. The normalized spacial score (nSPS) is 18.5. The quantitative estimate of drug-likeness (QED) is 0.893. The first kappa shape index (κ1) is 15.4. The largest absolute Gasteiger partial charge is 0.507 e. The van der Waals surface area contributed by atoms with Gasteiger partial charge in [-0.3, -0.25) is 9.59 Å². The second-order valence-electron chi connectivity index (χ2n) is 5.71. The number of aromatic hydroxyl groups is 1. The number of rotatable bonds is 4. The summed E-state index contributed by atoms with van der Waals surface area (Å²) in [5, 5.41) is 18.6. The van der Waals surface area contributed by atoms with Crippen LogP contribution in [0.5, 0.6) is 5.75 Å². The van der Waals surface area contributed by atoms with Crippen LogP contribution in [0.1, 0.15) is 41.6 Å². The van der Waals surface area contributed by atoms with Crippen LogP contribution >= 0.6 is 0 Å². The molecule has 1 unspecified atom stereocenters. The van der Waals surface area contributed by atoms with Crippen molar-refractivity contribution in [2.45, 2.75) is 32.6 Å². The zero-order valence-electron chi connectivity index (χ0n) is 12.2. The van der Waals surface area contributed by atoms with Gasteiger partial charge in [0.25, 0.3) is 5.91 Å². The highest BCUT2D eigenvalue weighted by molar-refractivity contribution is 5.97. The maximum Gasteiger partial charge on any atom is 0.303 e. The molecular formula is C16H21NO4. The fourth-order valence-corrected chi connectivity index (χ4v) is 2.80. The maximum atomic E-state index is 12.5. The number of piperidine rings is 1. The molecule has 1 amide bonds. The Kier molecular flexibility index (Phi) is 4.83. The molecule has 114 valence electrons. The number of carbonyl (C=O) groups is 2. The number of carboxylic acids is 1. The summed E-state index contributed by atoms with van der Waals surface area (Å²) in [6.45, 7) is 3.11. The van der Waals surface area contributed by atoms with Crippen molar-refractivity contribution in [1.29, 1.82) is 0 Å². The van der Waals surface area contributed by atoms with Crippen molar-refractivity contribution in [3.8, 4) is 5.75 Å². The molecule has 0 saturated carbocycles. The van der Waals surface area contributed by atoms with Crippen molar-refractivity contribution in [2.24, 2.45) is 5.92 Å². The second kappa shape index (κ2) is 6.61. The van der Waals surface area contributed by atoms with Crippen molar-refractivity contribution in [3.63, 3.8) is 0 Å². The molecule has 2 rings (SSSR count). The molecule has 21 heavy (non-hydrogen) atoms. The van der Waals surface area contributed by atoms with E-state index < -0.39 is 5.97 Å². The van der Waals surface area contributed by atoms with Crippen LogP contribution < -0.4 is 0 Å². The Balaban J connectivity index is 2.05. The first-order chi connectivity index (χ1) is 9.97. The van der Waals surface area contributed by atoms with E-state index in [0.29, 0.717) is 25.1 Å². The fourth-order valence-electron chi connectivity index (χ4n) is 2.80. The van der Waals surface area contributed by atoms with Crippen LogP contribution in [0.2, 0.25) is 0 Å². The molecule has 2 N–H and O–H groups in total. The predicted octanol–water partition coefficient (Wildman–Crippen LogP) is 2.42. The molecule has 0 aromatic heterocycles. The molecule has 0 aliphatic carbocycles. The molecule has 1 atom stereocenters. The van der Waals surface area contributed by atoms with Gasteiger partial charge in [0.15, 0.2) is 0 Å². The Bertz CT molecular complexity index is 541. The van der Waals surface area contributed by atoms with Crippen LogP contribution in [0.4, 0.5) is 0 Å². The lowest BCUT2D eigenvalue weighted by atomic mass is 9.93. The summed E-state index contributed by atoms with van der Waals surface area (Å²) >= 11 is 0. The van der Waals surface area contributed by atoms with Gasteiger partial charge in [0.1, 0.15) is 5.75 Å². The molecule has 1 aromatic carbocycles. The minimum Gasteiger partial charge on any atom is -0.507 e. The number of aryl methyl sites for hydroxylation is 1. The predicted molar refractivity (Wildman–Crippen MR) is 78.3 cm³/mol. The molecule has 5 heteroatoms. The van der Waals surface area contributed by atoms with Gasteiger partial charge in [-0.2, -0.15) is 0 Å². The number of hydrogen-bond acceptors (Lipinski definition) is 3. The highest BCUT2D eigenvalue weighted by Gasteiger charge is 2.26. The molecule has 0 spiro atoms. The maximum absolute atomic E-state index is 12.5. The summed E-state index contributed by atoms with van der Waals surface area (Å²) in [6.07, 6.45) is 2.57. The van der Waals surface area contributed by atoms with Crippen LogP contribution in [0.3, 0.4) is 0 Å². The lowest BCUT2D eigenvalue weighted by molar-refractivity contribution is -0.137. The molecule has 1 heterocycles. The number of amides is 1. The first-order valence-corrected chi connectivity index (χ1v) is 7.28. The van der Waals surface area contributed by atoms with E-state index in [1.165, 1.54) is 6.07 Å². The van der Waals surface area contributed by atoms with Crippen molar-refractivity contribution < 1.29 is 19.8 Å². The number of phenolic OH excluding ortho intramolecular Hbond substituents is 1. The zero-order valence-corrected chi connectivity index (χ0v) is 12.2. The molecule has 1 saturated heterocycles. The van der Waals surface area contributed by atoms with E-state index in [9.17, 15) is 14.7 Å². The Morgan fingerprint density at radius 2 is 2.14 bits per heavy atom. The van der Waals surface area contributed by atoms with Gasteiger partial charge in [-0.1, -0.05) is 11.6 Å². The highest BCUT2D eigenvalue weighted by atomic mass is 16.4. The van der Waals surface area contributed by atoms with Gasteiger partial charge in [0, 0.05) is 19.5 Å². The molecule has 1 aromatic rings. The van der Waals surface area contributed by atoms with Crippen LogP contribution in [0.25, 0.3) is 0 Å². The van der Waals surface area contributed by atoms with Crippen LogP contribution in [0, 0.1) is 12.8 Å². The monoisotopic (exact) mass is 291 g/mol. The zero-order chi connectivity index (χ0) is 15.4. The van der Waals surface area contributed by atoms with Gasteiger partial charge in [0.05, 0.1) is 5.56 Å². The first-order valence-electron chi connectivity index (χ1n) is 7.28. The second-order valence-corrected chi connectivity index (χ2v) is 5.71. The molecule has 0 bridgehead atoms. The molecule has 1 aliphatic heterocycles. The average Bonchev–Trinajstić information content (AvgIpc) is 2.47.